The van der Waals surface area contributed by atoms with Crippen LogP contribution in [-0.4, -0.2) is 62.1 Å². The van der Waals surface area contributed by atoms with Crippen molar-refractivity contribution >= 4 is 17.5 Å². The van der Waals surface area contributed by atoms with Gasteiger partial charge in [-0.25, -0.2) is 9.97 Å². The van der Waals surface area contributed by atoms with Gasteiger partial charge in [0.05, 0.1) is 17.3 Å². The van der Waals surface area contributed by atoms with Crippen molar-refractivity contribution in [3.05, 3.63) is 87.9 Å². The summed E-state index contributed by atoms with van der Waals surface area (Å²) in [4.78, 5) is 34.2. The maximum atomic E-state index is 14.0. The molecule has 0 spiro atoms. The van der Waals surface area contributed by atoms with Gasteiger partial charge in [0.25, 0.3) is 5.91 Å². The van der Waals surface area contributed by atoms with Crippen molar-refractivity contribution < 1.29 is 22.9 Å². The van der Waals surface area contributed by atoms with Gasteiger partial charge in [-0.05, 0) is 17.4 Å². The second-order valence-electron chi connectivity index (χ2n) is 9.00. The summed E-state index contributed by atoms with van der Waals surface area (Å²) in [6, 6.07) is 17.1. The number of piperazine rings is 1. The van der Waals surface area contributed by atoms with E-state index >= 15 is 0 Å². The first kappa shape index (κ1) is 25.8. The van der Waals surface area contributed by atoms with Crippen LogP contribution in [0.3, 0.4) is 0 Å². The number of aromatic nitrogens is 4. The molecule has 0 unspecified atom stereocenters. The van der Waals surface area contributed by atoms with Crippen molar-refractivity contribution in [3.63, 3.8) is 0 Å². The second kappa shape index (κ2) is 10.2. The topological polar surface area (TPSA) is 121 Å². The fourth-order valence-corrected chi connectivity index (χ4v) is 4.39. The Morgan fingerprint density at radius 2 is 1.64 bits per heavy atom. The molecule has 0 bridgehead atoms. The Kier molecular flexibility index (Phi) is 6.73. The fourth-order valence-electron chi connectivity index (χ4n) is 4.39. The van der Waals surface area contributed by atoms with Gasteiger partial charge in [0.2, 0.25) is 5.82 Å². The van der Waals surface area contributed by atoms with Gasteiger partial charge >= 0.3 is 12.0 Å². The number of nitro groups is 1. The van der Waals surface area contributed by atoms with Crippen LogP contribution < -0.4 is 4.90 Å². The number of alkyl halides is 3. The SMILES string of the molecule is Cc1ccc(-c2nc(C(F)(F)F)nc(N3CCN(C(=O)c4cc([N+](=O)[O-])[nH]n4)CC3)c2-c2ccccc2)cc1. The number of rotatable bonds is 5. The zero-order chi connectivity index (χ0) is 27.7. The van der Waals surface area contributed by atoms with E-state index in [2.05, 4.69) is 20.2 Å². The molecule has 13 heteroatoms. The van der Waals surface area contributed by atoms with Crippen LogP contribution in [0.25, 0.3) is 22.4 Å². The number of H-pyrrole nitrogens is 1. The highest BCUT2D eigenvalue weighted by Gasteiger charge is 2.38. The lowest BCUT2D eigenvalue weighted by Gasteiger charge is -2.36. The first-order valence-electron chi connectivity index (χ1n) is 12.0. The van der Waals surface area contributed by atoms with Gasteiger partial charge in [0, 0.05) is 31.7 Å². The molecule has 2 aromatic carbocycles. The zero-order valence-corrected chi connectivity index (χ0v) is 20.6. The number of benzene rings is 2. The van der Waals surface area contributed by atoms with Crippen molar-refractivity contribution in [2.24, 2.45) is 0 Å². The van der Waals surface area contributed by atoms with Crippen LogP contribution in [0.5, 0.6) is 0 Å². The monoisotopic (exact) mass is 537 g/mol. The van der Waals surface area contributed by atoms with Crippen molar-refractivity contribution in [1.29, 1.82) is 0 Å². The number of hydrogen-bond acceptors (Lipinski definition) is 7. The molecule has 3 heterocycles. The number of aryl methyl sites for hydroxylation is 1. The Hall–Kier alpha value is -4.81. The van der Waals surface area contributed by atoms with Crippen molar-refractivity contribution in [2.45, 2.75) is 13.1 Å². The van der Waals surface area contributed by atoms with E-state index in [0.29, 0.717) is 16.7 Å². The van der Waals surface area contributed by atoms with Crippen molar-refractivity contribution in [2.75, 3.05) is 31.1 Å². The van der Waals surface area contributed by atoms with Crippen LogP contribution in [0, 0.1) is 17.0 Å². The van der Waals surface area contributed by atoms with Crippen LogP contribution in [0.2, 0.25) is 0 Å². The molecule has 2 aromatic heterocycles. The van der Waals surface area contributed by atoms with Gasteiger partial charge in [-0.1, -0.05) is 65.3 Å². The summed E-state index contributed by atoms with van der Waals surface area (Å²) in [5, 5.41) is 16.8. The molecular formula is C26H22F3N7O3. The summed E-state index contributed by atoms with van der Waals surface area (Å²) in [5.74, 6) is -2.06. The molecule has 1 N–H and O–H groups in total. The average Bonchev–Trinajstić information content (AvgIpc) is 3.43. The summed E-state index contributed by atoms with van der Waals surface area (Å²) in [6.45, 7) is 2.55. The first-order chi connectivity index (χ1) is 18.6. The smallest absolute Gasteiger partial charge is 0.358 e. The molecular weight excluding hydrogens is 515 g/mol. The van der Waals surface area contributed by atoms with Crippen LogP contribution in [0.15, 0.2) is 60.7 Å². The number of halogens is 3. The molecule has 4 aromatic rings. The van der Waals surface area contributed by atoms with Crippen LogP contribution in [-0.2, 0) is 6.18 Å². The Morgan fingerprint density at radius 1 is 0.974 bits per heavy atom. The number of amides is 1. The Morgan fingerprint density at radius 3 is 2.23 bits per heavy atom. The van der Waals surface area contributed by atoms with Gasteiger partial charge < -0.3 is 19.9 Å². The van der Waals surface area contributed by atoms with Crippen molar-refractivity contribution in [3.8, 4) is 22.4 Å². The number of nitrogens with one attached hydrogen (secondary N) is 1. The third kappa shape index (κ3) is 5.28. The highest BCUT2D eigenvalue weighted by Crippen LogP contribution is 2.40. The summed E-state index contributed by atoms with van der Waals surface area (Å²) in [6.07, 6.45) is -4.78. The number of aromatic amines is 1. The lowest BCUT2D eigenvalue weighted by molar-refractivity contribution is -0.389. The zero-order valence-electron chi connectivity index (χ0n) is 20.6. The number of carbonyl (C=O) groups is 1. The van der Waals surface area contributed by atoms with Gasteiger partial charge in [-0.3, -0.25) is 4.79 Å². The average molecular weight is 538 g/mol. The fraction of sp³-hybridized carbons (Fsp3) is 0.231. The number of carbonyl (C=O) groups excluding carboxylic acids is 1. The van der Waals surface area contributed by atoms with E-state index in [4.69, 9.17) is 0 Å². The standard InChI is InChI=1S/C26H22F3N7O3/c1-16-7-9-18(10-8-16)22-21(17-5-3-2-4-6-17)23(31-25(30-22)26(27,28)29)34-11-13-35(14-12-34)24(37)19-15-20(33-32-19)36(38)39/h2-10,15H,11-14H2,1H3,(H,32,33). The quantitative estimate of drug-likeness (QED) is 0.289. The summed E-state index contributed by atoms with van der Waals surface area (Å²) in [7, 11) is 0. The minimum absolute atomic E-state index is 0.108. The minimum Gasteiger partial charge on any atom is -0.358 e. The largest absolute Gasteiger partial charge is 0.451 e. The highest BCUT2D eigenvalue weighted by atomic mass is 19.4. The lowest BCUT2D eigenvalue weighted by Crippen LogP contribution is -2.49. The van der Waals surface area contributed by atoms with E-state index in [1.807, 2.05) is 25.1 Å². The van der Waals surface area contributed by atoms with E-state index in [1.54, 1.807) is 41.3 Å². The molecule has 1 amide bonds. The van der Waals surface area contributed by atoms with Crippen LogP contribution in [0.1, 0.15) is 21.9 Å². The second-order valence-corrected chi connectivity index (χ2v) is 9.00. The number of nitrogens with zero attached hydrogens (tertiary/aromatic N) is 6. The molecule has 1 saturated heterocycles. The van der Waals surface area contributed by atoms with E-state index in [1.165, 1.54) is 4.90 Å². The summed E-state index contributed by atoms with van der Waals surface area (Å²) >= 11 is 0. The molecule has 200 valence electrons. The maximum absolute atomic E-state index is 14.0. The van der Waals surface area contributed by atoms with Gasteiger partial charge in [-0.2, -0.15) is 13.2 Å². The first-order valence-corrected chi connectivity index (χ1v) is 12.0. The minimum atomic E-state index is -4.78. The molecule has 0 aliphatic carbocycles. The molecule has 5 rings (SSSR count). The van der Waals surface area contributed by atoms with Gasteiger partial charge in [0.1, 0.15) is 5.82 Å². The predicted molar refractivity (Wildman–Crippen MR) is 136 cm³/mol. The third-order valence-corrected chi connectivity index (χ3v) is 6.38. The lowest BCUT2D eigenvalue weighted by atomic mass is 9.98. The third-order valence-electron chi connectivity index (χ3n) is 6.38. The molecule has 1 aliphatic rings. The molecule has 0 radical (unpaired) electrons. The molecule has 39 heavy (non-hydrogen) atoms. The molecule has 0 saturated carbocycles. The Balaban J connectivity index is 1.54. The van der Waals surface area contributed by atoms with E-state index < -0.39 is 28.6 Å². The predicted octanol–water partition coefficient (Wildman–Crippen LogP) is 4.73. The maximum Gasteiger partial charge on any atom is 0.451 e. The number of anilines is 1. The van der Waals surface area contributed by atoms with Crippen molar-refractivity contribution in [1.82, 2.24) is 25.1 Å². The van der Waals surface area contributed by atoms with Gasteiger partial charge in [0.15, 0.2) is 5.69 Å². The van der Waals surface area contributed by atoms with E-state index in [9.17, 15) is 28.1 Å². The van der Waals surface area contributed by atoms with Crippen LogP contribution in [0.4, 0.5) is 24.8 Å². The molecule has 1 fully saturated rings. The molecule has 0 atom stereocenters. The highest BCUT2D eigenvalue weighted by molar-refractivity contribution is 5.93. The summed E-state index contributed by atoms with van der Waals surface area (Å²) < 4.78 is 42.0. The van der Waals surface area contributed by atoms with Gasteiger partial charge in [-0.15, -0.1) is 5.10 Å². The summed E-state index contributed by atoms with van der Waals surface area (Å²) in [5.41, 5.74) is 2.62. The Labute approximate surface area is 220 Å². The van der Waals surface area contributed by atoms with E-state index in [-0.39, 0.29) is 43.4 Å². The normalized spacial score (nSPS) is 13.9. The van der Waals surface area contributed by atoms with E-state index in [0.717, 1.165) is 11.6 Å². The molecule has 1 aliphatic heterocycles. The Bertz CT molecular complexity index is 1510. The molecule has 10 nitrogen and oxygen atoms in total. The van der Waals surface area contributed by atoms with Crippen LogP contribution >= 0.6 is 0 Å². The number of hydrogen-bond donors (Lipinski definition) is 1.